The summed E-state index contributed by atoms with van der Waals surface area (Å²) in [5, 5.41) is 8.35. The maximum atomic E-state index is 4.18. The number of piperidine rings is 2. The van der Waals surface area contributed by atoms with E-state index in [0.717, 1.165) is 26.2 Å². The zero-order chi connectivity index (χ0) is 8.49. The third-order valence-corrected chi connectivity index (χ3v) is 2.26. The molecule has 0 atom stereocenters. The summed E-state index contributed by atoms with van der Waals surface area (Å²) >= 11 is 0. The van der Waals surface area contributed by atoms with E-state index in [-0.39, 0.29) is 70.7 Å². The van der Waals surface area contributed by atoms with Crippen molar-refractivity contribution >= 4 is 0 Å². The molecule has 0 bridgehead atoms. The van der Waals surface area contributed by atoms with E-state index in [9.17, 15) is 0 Å². The molecule has 2 nitrogen and oxygen atoms in total. The van der Waals surface area contributed by atoms with E-state index in [1.165, 1.54) is 38.5 Å². The summed E-state index contributed by atoms with van der Waals surface area (Å²) in [6, 6.07) is 0. The molecule has 2 aliphatic rings. The summed E-state index contributed by atoms with van der Waals surface area (Å²) in [4.78, 5) is 0. The first kappa shape index (κ1) is 31.3. The molecular weight excluding hydrogens is 485 g/mol. The maximum absolute atomic E-state index is 4.18. The van der Waals surface area contributed by atoms with Gasteiger partial charge in [0.15, 0.2) is 0 Å². The van der Waals surface area contributed by atoms with Crippen LogP contribution in [0.1, 0.15) is 38.5 Å². The minimum absolute atomic E-state index is 0. The van der Waals surface area contributed by atoms with Gasteiger partial charge >= 0.3 is 0 Å². The number of hydrogen-bond donors (Lipinski definition) is 0. The summed E-state index contributed by atoms with van der Waals surface area (Å²) in [7, 11) is 0. The molecule has 2 aliphatic heterocycles. The first-order valence-corrected chi connectivity index (χ1v) is 5.26. The van der Waals surface area contributed by atoms with Crippen molar-refractivity contribution in [2.24, 2.45) is 0 Å². The van der Waals surface area contributed by atoms with Crippen molar-refractivity contribution in [1.29, 1.82) is 0 Å². The molecule has 114 valence electrons. The number of nitrogens with zero attached hydrogens (tertiary/aromatic N) is 2. The minimum atomic E-state index is 0. The van der Waals surface area contributed by atoms with Gasteiger partial charge in [-0.2, -0.15) is 0 Å². The summed E-state index contributed by atoms with van der Waals surface area (Å²) < 4.78 is 0. The van der Waals surface area contributed by atoms with Gasteiger partial charge in [-0.05, 0) is 0 Å². The minimum Gasteiger partial charge on any atom is -1.00 e. The summed E-state index contributed by atoms with van der Waals surface area (Å²) in [5.41, 5.74) is 0. The van der Waals surface area contributed by atoms with Crippen molar-refractivity contribution in [2.45, 2.75) is 38.5 Å². The van der Waals surface area contributed by atoms with E-state index < -0.39 is 0 Å². The van der Waals surface area contributed by atoms with Crippen LogP contribution in [0.5, 0.6) is 0 Å². The Kier molecular flexibility index (Phi) is 48.5. The fourth-order valence-electron chi connectivity index (χ4n) is 1.47. The van der Waals surface area contributed by atoms with E-state index in [4.69, 9.17) is 0 Å². The zero-order valence-electron chi connectivity index (χ0n) is 9.79. The molecule has 0 aromatic rings. The molecule has 17 heavy (non-hydrogen) atoms. The predicted octanol–water partition coefficient (Wildman–Crippen LogP) is -8.90. The van der Waals surface area contributed by atoms with Gasteiger partial charge in [0.2, 0.25) is 0 Å². The van der Waals surface area contributed by atoms with E-state index in [2.05, 4.69) is 10.6 Å². The molecule has 0 N–H and O–H groups in total. The Bertz CT molecular complexity index is 69.3. The van der Waals surface area contributed by atoms with Gasteiger partial charge in [0.1, 0.15) is 0 Å². The van der Waals surface area contributed by atoms with Gasteiger partial charge in [0.05, 0.1) is 0 Å². The monoisotopic (exact) mass is 503 g/mol. The molecule has 0 aliphatic carbocycles. The molecule has 0 aromatic carbocycles. The van der Waals surface area contributed by atoms with Gasteiger partial charge in [-0.1, -0.05) is 38.5 Å². The summed E-state index contributed by atoms with van der Waals surface area (Å²) in [6.45, 7) is 4.50. The van der Waals surface area contributed by atoms with Crippen molar-refractivity contribution in [3.05, 3.63) is 10.6 Å². The number of rotatable bonds is 0. The van der Waals surface area contributed by atoms with Crippen LogP contribution in [0.15, 0.2) is 0 Å². The summed E-state index contributed by atoms with van der Waals surface area (Å²) in [5.74, 6) is 0. The molecule has 2 heterocycles. The largest absolute Gasteiger partial charge is 1.00 e. The fraction of sp³-hybridized carbons (Fsp3) is 1.00. The molecule has 0 amide bonds. The van der Waals surface area contributed by atoms with E-state index in [1.54, 1.807) is 0 Å². The van der Waals surface area contributed by atoms with Crippen molar-refractivity contribution in [1.82, 2.24) is 0 Å². The Balaban J connectivity index is -0.0000000436. The van der Waals surface area contributed by atoms with Crippen molar-refractivity contribution in [3.63, 3.8) is 0 Å². The van der Waals surface area contributed by atoms with Crippen molar-refractivity contribution in [2.75, 3.05) is 26.2 Å². The molecule has 2 fully saturated rings. The van der Waals surface area contributed by atoms with Crippen LogP contribution < -0.4 is 49.6 Å². The zero-order valence-corrected chi connectivity index (χ0v) is 15.1. The standard InChI is InChI=1S/2C5H10N.4ClH.Pt/c2*1-2-4-6-5-3-1;;;;;/h2*1-5H2;4*1H;/q2*-1;;;;;/p-4. The average Bonchev–Trinajstić information content (AvgIpc) is 2.24. The topological polar surface area (TPSA) is 28.2 Å². The molecule has 2 saturated heterocycles. The van der Waals surface area contributed by atoms with Crippen LogP contribution in [-0.2, 0) is 21.1 Å². The number of halogens is 4. The van der Waals surface area contributed by atoms with Crippen LogP contribution in [0.3, 0.4) is 0 Å². The average molecular weight is 505 g/mol. The van der Waals surface area contributed by atoms with Gasteiger partial charge in [0.25, 0.3) is 0 Å². The molecular formula is C10H20Cl4N2Pt-6. The van der Waals surface area contributed by atoms with Gasteiger partial charge in [-0.15, -0.1) is 26.2 Å². The second kappa shape index (κ2) is 26.4. The Morgan fingerprint density at radius 1 is 0.412 bits per heavy atom. The Hall–Kier alpha value is 1.77. The Morgan fingerprint density at radius 2 is 0.647 bits per heavy atom. The van der Waals surface area contributed by atoms with Crippen molar-refractivity contribution in [3.8, 4) is 0 Å². The normalized spacial score (nSPS) is 16.9. The van der Waals surface area contributed by atoms with Crippen LogP contribution in [0.25, 0.3) is 10.6 Å². The van der Waals surface area contributed by atoms with Crippen LogP contribution >= 0.6 is 0 Å². The first-order valence-electron chi connectivity index (χ1n) is 5.26. The van der Waals surface area contributed by atoms with Gasteiger partial charge in [0, 0.05) is 21.1 Å². The SMILES string of the molecule is C1CC[N-]CC1.C1CC[N-]CC1.[Cl-].[Cl-].[Cl-].[Cl-].[Pt]. The quantitative estimate of drug-likeness (QED) is 0.313. The molecule has 0 radical (unpaired) electrons. The Morgan fingerprint density at radius 3 is 0.706 bits per heavy atom. The maximum Gasteiger partial charge on any atom is 0 e. The van der Waals surface area contributed by atoms with E-state index in [1.807, 2.05) is 0 Å². The van der Waals surface area contributed by atoms with Gasteiger partial charge < -0.3 is 60.3 Å². The third kappa shape index (κ3) is 23.3. The van der Waals surface area contributed by atoms with Crippen LogP contribution in [-0.4, -0.2) is 26.2 Å². The predicted molar refractivity (Wildman–Crippen MR) is 53.9 cm³/mol. The second-order valence-corrected chi connectivity index (χ2v) is 3.46. The van der Waals surface area contributed by atoms with Crippen LogP contribution in [0.2, 0.25) is 0 Å². The van der Waals surface area contributed by atoms with Crippen LogP contribution in [0, 0.1) is 0 Å². The smallest absolute Gasteiger partial charge is 0 e. The molecule has 0 unspecified atom stereocenters. The van der Waals surface area contributed by atoms with Crippen LogP contribution in [0.4, 0.5) is 0 Å². The fourth-order valence-corrected chi connectivity index (χ4v) is 1.47. The first-order chi connectivity index (χ1) is 6.00. The molecule has 7 heteroatoms. The van der Waals surface area contributed by atoms with Gasteiger partial charge in [-0.25, -0.2) is 0 Å². The van der Waals surface area contributed by atoms with Crippen molar-refractivity contribution < 1.29 is 70.7 Å². The van der Waals surface area contributed by atoms with E-state index >= 15 is 0 Å². The molecule has 0 spiro atoms. The third-order valence-electron chi connectivity index (χ3n) is 2.26. The van der Waals surface area contributed by atoms with Gasteiger partial charge in [-0.3, -0.25) is 0 Å². The molecule has 0 saturated carbocycles. The Labute approximate surface area is 145 Å². The molecule has 2 rings (SSSR count). The molecule has 0 aromatic heterocycles. The van der Waals surface area contributed by atoms with E-state index in [0.29, 0.717) is 0 Å². The second-order valence-electron chi connectivity index (χ2n) is 3.46. The number of hydrogen-bond acceptors (Lipinski definition) is 0. The summed E-state index contributed by atoms with van der Waals surface area (Å²) in [6.07, 6.45) is 8.15.